The topological polar surface area (TPSA) is 43.1 Å². The summed E-state index contributed by atoms with van der Waals surface area (Å²) in [5, 5.41) is 15.0. The van der Waals surface area contributed by atoms with Gasteiger partial charge in [-0.3, -0.25) is 0 Å². The van der Waals surface area contributed by atoms with Crippen LogP contribution in [0.2, 0.25) is 10.2 Å². The van der Waals surface area contributed by atoms with E-state index in [2.05, 4.69) is 27.4 Å². The molecule has 0 spiro atoms. The van der Waals surface area contributed by atoms with Crippen LogP contribution >= 0.6 is 23.2 Å². The molecule has 4 nitrogen and oxygen atoms in total. The van der Waals surface area contributed by atoms with Crippen LogP contribution in [-0.2, 0) is 18.3 Å². The zero-order valence-electron chi connectivity index (χ0n) is 13.1. The Labute approximate surface area is 149 Å². The predicted octanol–water partition coefficient (Wildman–Crippen LogP) is 4.39. The Morgan fingerprint density at radius 1 is 0.917 bits per heavy atom. The van der Waals surface area contributed by atoms with Crippen LogP contribution in [0.25, 0.3) is 5.65 Å². The van der Waals surface area contributed by atoms with Crippen molar-refractivity contribution in [3.63, 3.8) is 0 Å². The van der Waals surface area contributed by atoms with Gasteiger partial charge in [-0.05, 0) is 61.8 Å². The molecule has 24 heavy (non-hydrogen) atoms. The highest BCUT2D eigenvalue weighted by Crippen LogP contribution is 2.53. The summed E-state index contributed by atoms with van der Waals surface area (Å²) in [5.41, 5.74) is 4.38. The molecule has 1 fully saturated rings. The summed E-state index contributed by atoms with van der Waals surface area (Å²) in [6.45, 7) is 0. The van der Waals surface area contributed by atoms with Gasteiger partial charge in [-0.25, -0.2) is 0 Å². The van der Waals surface area contributed by atoms with Gasteiger partial charge in [0.05, 0.1) is 5.41 Å². The lowest BCUT2D eigenvalue weighted by atomic mass is 9.93. The number of aromatic nitrogens is 4. The second-order valence-corrected chi connectivity index (χ2v) is 7.60. The molecule has 2 aliphatic carbocycles. The molecule has 0 amide bonds. The normalized spacial score (nSPS) is 18.6. The van der Waals surface area contributed by atoms with Crippen molar-refractivity contribution < 1.29 is 0 Å². The van der Waals surface area contributed by atoms with Crippen LogP contribution in [0.1, 0.15) is 48.2 Å². The van der Waals surface area contributed by atoms with Gasteiger partial charge < -0.3 is 0 Å². The number of halogens is 2. The lowest BCUT2D eigenvalue weighted by Gasteiger charge is -2.18. The van der Waals surface area contributed by atoms with E-state index >= 15 is 0 Å². The number of rotatable bonds is 2. The van der Waals surface area contributed by atoms with E-state index in [4.69, 9.17) is 23.2 Å². The highest BCUT2D eigenvalue weighted by atomic mass is 35.5. The first-order valence-corrected chi connectivity index (χ1v) is 9.14. The zero-order chi connectivity index (χ0) is 16.3. The van der Waals surface area contributed by atoms with Gasteiger partial charge in [0.25, 0.3) is 0 Å². The van der Waals surface area contributed by atoms with E-state index in [0.717, 1.165) is 47.7 Å². The minimum Gasteiger partial charge on any atom is -0.195 e. The molecule has 0 atom stereocenters. The lowest BCUT2D eigenvalue weighted by molar-refractivity contribution is 0.663. The molecular formula is C18H16Cl2N4. The quantitative estimate of drug-likeness (QED) is 0.682. The molecule has 2 heterocycles. The number of aryl methyl sites for hydroxylation is 1. The maximum atomic E-state index is 6.48. The third-order valence-electron chi connectivity index (χ3n) is 5.39. The SMILES string of the molecule is Clc1ccc(C2(c3nnc4c5c(c(Cl)nn34)CCCC5)CC2)cc1. The third-order valence-corrected chi connectivity index (χ3v) is 5.95. The monoisotopic (exact) mass is 358 g/mol. The van der Waals surface area contributed by atoms with E-state index in [0.29, 0.717) is 5.15 Å². The molecule has 0 aliphatic heterocycles. The zero-order valence-corrected chi connectivity index (χ0v) is 14.6. The summed E-state index contributed by atoms with van der Waals surface area (Å²) >= 11 is 12.5. The first kappa shape index (κ1) is 14.7. The van der Waals surface area contributed by atoms with E-state index < -0.39 is 0 Å². The largest absolute Gasteiger partial charge is 0.195 e. The summed E-state index contributed by atoms with van der Waals surface area (Å²) in [5.74, 6) is 0.898. The fraction of sp³-hybridized carbons (Fsp3) is 0.389. The molecule has 5 rings (SSSR count). The third kappa shape index (κ3) is 2.02. The fourth-order valence-corrected chi connectivity index (χ4v) is 4.33. The Bertz CT molecular complexity index is 942. The van der Waals surface area contributed by atoms with Crippen molar-refractivity contribution in [1.82, 2.24) is 19.8 Å². The molecule has 0 saturated heterocycles. The smallest absolute Gasteiger partial charge is 0.181 e. The van der Waals surface area contributed by atoms with E-state index in [1.54, 1.807) is 0 Å². The Hall–Kier alpha value is -1.65. The molecule has 0 radical (unpaired) electrons. The predicted molar refractivity (Wildman–Crippen MR) is 93.9 cm³/mol. The highest BCUT2D eigenvalue weighted by Gasteiger charge is 2.50. The van der Waals surface area contributed by atoms with Gasteiger partial charge in [0.1, 0.15) is 0 Å². The maximum absolute atomic E-state index is 6.48. The second-order valence-electron chi connectivity index (χ2n) is 6.80. The van der Waals surface area contributed by atoms with Crippen LogP contribution in [-0.4, -0.2) is 19.8 Å². The van der Waals surface area contributed by atoms with E-state index in [-0.39, 0.29) is 5.41 Å². The van der Waals surface area contributed by atoms with Crippen LogP contribution in [0.15, 0.2) is 24.3 Å². The van der Waals surface area contributed by atoms with Gasteiger partial charge >= 0.3 is 0 Å². The number of hydrogen-bond acceptors (Lipinski definition) is 3. The number of fused-ring (bicyclic) bond motifs is 3. The minimum absolute atomic E-state index is 0.108. The average Bonchev–Trinajstić information content (AvgIpc) is 3.29. The highest BCUT2D eigenvalue weighted by molar-refractivity contribution is 6.30. The molecule has 1 saturated carbocycles. The molecule has 0 unspecified atom stereocenters. The Kier molecular flexibility index (Phi) is 3.16. The maximum Gasteiger partial charge on any atom is 0.181 e. The molecular weight excluding hydrogens is 343 g/mol. The van der Waals surface area contributed by atoms with E-state index in [9.17, 15) is 0 Å². The number of nitrogens with zero attached hydrogens (tertiary/aromatic N) is 4. The summed E-state index contributed by atoms with van der Waals surface area (Å²) in [6, 6.07) is 8.03. The van der Waals surface area contributed by atoms with Crippen LogP contribution in [0, 0.1) is 0 Å². The van der Waals surface area contributed by atoms with Crippen molar-refractivity contribution in [2.24, 2.45) is 0 Å². The molecule has 0 bridgehead atoms. The van der Waals surface area contributed by atoms with Gasteiger partial charge in [-0.1, -0.05) is 35.3 Å². The van der Waals surface area contributed by atoms with Gasteiger partial charge in [0.15, 0.2) is 16.6 Å². The summed E-state index contributed by atoms with van der Waals surface area (Å²) in [7, 11) is 0. The van der Waals surface area contributed by atoms with Gasteiger partial charge in [-0.2, -0.15) is 9.61 Å². The van der Waals surface area contributed by atoms with Gasteiger partial charge in [-0.15, -0.1) is 10.2 Å². The van der Waals surface area contributed by atoms with Crippen molar-refractivity contribution in [2.45, 2.75) is 43.9 Å². The van der Waals surface area contributed by atoms with Crippen molar-refractivity contribution in [3.8, 4) is 0 Å². The van der Waals surface area contributed by atoms with Crippen molar-refractivity contribution in [1.29, 1.82) is 0 Å². The van der Waals surface area contributed by atoms with Crippen LogP contribution in [0.3, 0.4) is 0 Å². The lowest BCUT2D eigenvalue weighted by Crippen LogP contribution is -2.16. The minimum atomic E-state index is -0.108. The van der Waals surface area contributed by atoms with Crippen LogP contribution < -0.4 is 0 Å². The molecule has 0 N–H and O–H groups in total. The van der Waals surface area contributed by atoms with E-state index in [1.165, 1.54) is 24.0 Å². The molecule has 122 valence electrons. The van der Waals surface area contributed by atoms with Crippen molar-refractivity contribution in [2.75, 3.05) is 0 Å². The van der Waals surface area contributed by atoms with E-state index in [1.807, 2.05) is 16.6 Å². The Balaban J connectivity index is 1.71. The molecule has 2 aromatic heterocycles. The van der Waals surface area contributed by atoms with Gasteiger partial charge in [0.2, 0.25) is 0 Å². The standard InChI is InChI=1S/C18H16Cl2N4/c19-12-7-5-11(6-8-12)18(9-10-18)17-22-21-16-14-4-2-1-3-13(14)15(20)23-24(16)17/h5-8H,1-4,9-10H2. The van der Waals surface area contributed by atoms with Crippen LogP contribution in [0.5, 0.6) is 0 Å². The molecule has 6 heteroatoms. The van der Waals surface area contributed by atoms with Crippen molar-refractivity contribution in [3.05, 3.63) is 57.0 Å². The summed E-state index contributed by atoms with van der Waals surface area (Å²) < 4.78 is 1.88. The molecule has 1 aromatic carbocycles. The number of hydrogen-bond donors (Lipinski definition) is 0. The first-order valence-electron chi connectivity index (χ1n) is 8.38. The fourth-order valence-electron chi connectivity index (χ4n) is 3.92. The van der Waals surface area contributed by atoms with Gasteiger partial charge in [0, 0.05) is 10.6 Å². The van der Waals surface area contributed by atoms with Crippen molar-refractivity contribution >= 4 is 28.8 Å². The molecule has 3 aromatic rings. The molecule has 2 aliphatic rings. The summed E-state index contributed by atoms with van der Waals surface area (Å²) in [6.07, 6.45) is 6.43. The van der Waals surface area contributed by atoms with Crippen LogP contribution in [0.4, 0.5) is 0 Å². The first-order chi connectivity index (χ1) is 11.7. The number of benzene rings is 1. The second kappa shape index (κ2) is 5.17. The summed E-state index contributed by atoms with van der Waals surface area (Å²) in [4.78, 5) is 0. The Morgan fingerprint density at radius 3 is 2.33 bits per heavy atom. The Morgan fingerprint density at radius 2 is 1.62 bits per heavy atom. The average molecular weight is 359 g/mol.